The number of rotatable bonds is 5. The largest absolute Gasteiger partial charge is 0.309 e. The summed E-state index contributed by atoms with van der Waals surface area (Å²) in [6.45, 7) is 0. The molecule has 0 unspecified atom stereocenters. The quantitative estimate of drug-likeness (QED) is 0.173. The Morgan fingerprint density at radius 2 is 0.896 bits per heavy atom. The molecule has 0 saturated heterocycles. The zero-order chi connectivity index (χ0) is 44.1. The van der Waals surface area contributed by atoms with E-state index >= 15 is 0 Å². The molecule has 0 atom stereocenters. The average Bonchev–Trinajstić information content (AvgIpc) is 3.89. The molecular formula is C62H38N4S. The van der Waals surface area contributed by atoms with E-state index in [1.165, 1.54) is 70.3 Å². The minimum atomic E-state index is -0.480. The Hall–Kier alpha value is -8.38. The van der Waals surface area contributed by atoms with Crippen molar-refractivity contribution in [2.75, 3.05) is 0 Å². The fraction of sp³-hybridized carbons (Fsp3) is 0.0161. The van der Waals surface area contributed by atoms with Crippen molar-refractivity contribution in [2.45, 2.75) is 15.2 Å². The second-order valence-corrected chi connectivity index (χ2v) is 18.6. The lowest BCUT2D eigenvalue weighted by Gasteiger charge is -2.39. The maximum Gasteiger partial charge on any atom is 0.164 e. The Labute approximate surface area is 391 Å². The van der Waals surface area contributed by atoms with Crippen LogP contribution in [0.1, 0.15) is 22.3 Å². The molecule has 2 aromatic heterocycles. The van der Waals surface area contributed by atoms with Crippen LogP contribution in [0.25, 0.3) is 94.7 Å². The molecule has 312 valence electrons. The first-order valence-corrected chi connectivity index (χ1v) is 23.6. The van der Waals surface area contributed by atoms with Gasteiger partial charge in [0.25, 0.3) is 0 Å². The Morgan fingerprint density at radius 1 is 0.343 bits per heavy atom. The number of hydrogen-bond acceptors (Lipinski definition) is 4. The van der Waals surface area contributed by atoms with Crippen LogP contribution in [0.4, 0.5) is 0 Å². The summed E-state index contributed by atoms with van der Waals surface area (Å²) in [5, 5.41) is 4.92. The first-order chi connectivity index (χ1) is 33.2. The molecule has 2 aliphatic rings. The summed E-state index contributed by atoms with van der Waals surface area (Å²) >= 11 is 1.88. The first-order valence-electron chi connectivity index (χ1n) is 22.8. The Kier molecular flexibility index (Phi) is 8.40. The van der Waals surface area contributed by atoms with E-state index in [0.29, 0.717) is 17.5 Å². The summed E-state index contributed by atoms with van der Waals surface area (Å²) < 4.78 is 2.45. The van der Waals surface area contributed by atoms with Crippen molar-refractivity contribution in [1.29, 1.82) is 0 Å². The first kappa shape index (κ1) is 37.9. The van der Waals surface area contributed by atoms with Crippen molar-refractivity contribution in [3.8, 4) is 62.1 Å². The molecule has 14 rings (SSSR count). The van der Waals surface area contributed by atoms with E-state index in [-0.39, 0.29) is 0 Å². The summed E-state index contributed by atoms with van der Waals surface area (Å²) in [4.78, 5) is 18.0. The van der Waals surface area contributed by atoms with Gasteiger partial charge in [-0.25, -0.2) is 15.0 Å². The zero-order valence-electron chi connectivity index (χ0n) is 36.1. The Balaban J connectivity index is 0.997. The van der Waals surface area contributed by atoms with Crippen LogP contribution in [0.2, 0.25) is 0 Å². The van der Waals surface area contributed by atoms with Gasteiger partial charge in [0.05, 0.1) is 16.4 Å². The van der Waals surface area contributed by atoms with Crippen molar-refractivity contribution in [1.82, 2.24) is 19.5 Å². The molecule has 0 N–H and O–H groups in total. The van der Waals surface area contributed by atoms with Crippen LogP contribution < -0.4 is 0 Å². The summed E-state index contributed by atoms with van der Waals surface area (Å²) in [6, 6.07) is 83.4. The number of benzene rings is 10. The number of aromatic nitrogens is 4. The fourth-order valence-electron chi connectivity index (χ4n) is 11.0. The highest BCUT2D eigenvalue weighted by Gasteiger charge is 2.50. The maximum absolute atomic E-state index is 5.21. The summed E-state index contributed by atoms with van der Waals surface area (Å²) in [5.74, 6) is 1.88. The van der Waals surface area contributed by atoms with Crippen LogP contribution >= 0.6 is 11.8 Å². The number of fused-ring (bicyclic) bond motifs is 14. The fourth-order valence-corrected chi connectivity index (χ4v) is 12.2. The lowest BCUT2D eigenvalue weighted by atomic mass is 9.67. The van der Waals surface area contributed by atoms with Gasteiger partial charge in [-0.15, -0.1) is 0 Å². The summed E-state index contributed by atoms with van der Waals surface area (Å²) in [6.07, 6.45) is 0. The van der Waals surface area contributed by atoms with Gasteiger partial charge in [-0.3, -0.25) is 0 Å². The molecule has 12 aromatic rings. The van der Waals surface area contributed by atoms with Gasteiger partial charge >= 0.3 is 0 Å². The van der Waals surface area contributed by atoms with Gasteiger partial charge < -0.3 is 4.57 Å². The van der Waals surface area contributed by atoms with Crippen LogP contribution in [0.5, 0.6) is 0 Å². The van der Waals surface area contributed by atoms with Gasteiger partial charge in [-0.2, -0.15) is 0 Å². The van der Waals surface area contributed by atoms with E-state index in [1.54, 1.807) is 0 Å². The predicted molar refractivity (Wildman–Crippen MR) is 275 cm³/mol. The van der Waals surface area contributed by atoms with E-state index in [4.69, 9.17) is 15.0 Å². The topological polar surface area (TPSA) is 43.6 Å². The molecule has 0 radical (unpaired) electrons. The smallest absolute Gasteiger partial charge is 0.164 e. The van der Waals surface area contributed by atoms with Gasteiger partial charge in [0.1, 0.15) is 0 Å². The monoisotopic (exact) mass is 870 g/mol. The molecule has 3 heterocycles. The van der Waals surface area contributed by atoms with Gasteiger partial charge in [0.15, 0.2) is 17.5 Å². The SMILES string of the molecule is c1ccc(-c2ccc(-c3nc(-c4ccccc4)nc(-c4cccc(-n5c6cc7c(cc6c6c8ccccc8ccc65)C5(c6ccccc6S7)c6ccccc6-c6ccccc65)c4)n3)cc2)cc1. The van der Waals surface area contributed by atoms with Crippen molar-refractivity contribution in [2.24, 2.45) is 0 Å². The molecule has 10 aromatic carbocycles. The highest BCUT2D eigenvalue weighted by Crippen LogP contribution is 2.63. The van der Waals surface area contributed by atoms with Gasteiger partial charge in [-0.05, 0) is 91.7 Å². The zero-order valence-corrected chi connectivity index (χ0v) is 37.0. The summed E-state index contributed by atoms with van der Waals surface area (Å²) in [5.41, 5.74) is 15.9. The van der Waals surface area contributed by atoms with E-state index in [9.17, 15) is 0 Å². The molecule has 5 heteroatoms. The number of hydrogen-bond donors (Lipinski definition) is 0. The van der Waals surface area contributed by atoms with Crippen molar-refractivity contribution < 1.29 is 0 Å². The normalized spacial score (nSPS) is 13.1. The van der Waals surface area contributed by atoms with Gasteiger partial charge in [0.2, 0.25) is 0 Å². The molecule has 0 bridgehead atoms. The molecule has 1 spiro atoms. The highest BCUT2D eigenvalue weighted by molar-refractivity contribution is 7.99. The van der Waals surface area contributed by atoms with Gasteiger partial charge in [-0.1, -0.05) is 206 Å². The number of nitrogens with zero attached hydrogens (tertiary/aromatic N) is 4. The molecule has 0 fully saturated rings. The molecule has 0 amide bonds. The molecule has 1 aliphatic carbocycles. The van der Waals surface area contributed by atoms with E-state index < -0.39 is 5.41 Å². The third kappa shape index (κ3) is 5.71. The predicted octanol–water partition coefficient (Wildman–Crippen LogP) is 15.6. The van der Waals surface area contributed by atoms with Crippen LogP contribution in [0.3, 0.4) is 0 Å². The van der Waals surface area contributed by atoms with E-state index in [0.717, 1.165) is 39.0 Å². The van der Waals surface area contributed by atoms with Crippen molar-refractivity contribution in [3.63, 3.8) is 0 Å². The van der Waals surface area contributed by atoms with Crippen molar-refractivity contribution in [3.05, 3.63) is 253 Å². The second-order valence-electron chi connectivity index (χ2n) is 17.5. The lowest BCUT2D eigenvalue weighted by Crippen LogP contribution is -2.31. The van der Waals surface area contributed by atoms with E-state index in [2.05, 4.69) is 211 Å². The third-order valence-electron chi connectivity index (χ3n) is 13.9. The van der Waals surface area contributed by atoms with Crippen LogP contribution in [-0.2, 0) is 5.41 Å². The molecule has 4 nitrogen and oxygen atoms in total. The lowest BCUT2D eigenvalue weighted by molar-refractivity contribution is 0.724. The third-order valence-corrected chi connectivity index (χ3v) is 15.0. The summed E-state index contributed by atoms with van der Waals surface area (Å²) in [7, 11) is 0. The molecule has 0 saturated carbocycles. The minimum absolute atomic E-state index is 0.480. The highest BCUT2D eigenvalue weighted by atomic mass is 32.2. The van der Waals surface area contributed by atoms with Crippen molar-refractivity contribution >= 4 is 44.3 Å². The van der Waals surface area contributed by atoms with Crippen LogP contribution in [-0.4, -0.2) is 19.5 Å². The Morgan fingerprint density at radius 3 is 1.63 bits per heavy atom. The standard InChI is InChI=1S/C62H38N4S/c1-3-16-39(17-4-1)40-30-32-43(33-31-40)60-63-59(42-19-5-2-6-20-42)64-61(65-60)44-21-15-22-45(36-44)66-54-35-34-41-18-7-8-23-46(41)58(54)49-37-53-57(38-55(49)66)67-56-29-14-13-28-52(56)62(53)50-26-11-9-24-47(50)48-25-10-12-27-51(48)62/h1-38H. The molecule has 67 heavy (non-hydrogen) atoms. The minimum Gasteiger partial charge on any atom is -0.309 e. The Bertz CT molecular complexity index is 3900. The molecular weight excluding hydrogens is 833 g/mol. The van der Waals surface area contributed by atoms with Crippen LogP contribution in [0, 0.1) is 0 Å². The second kappa shape index (κ2) is 14.8. The average molecular weight is 871 g/mol. The van der Waals surface area contributed by atoms with E-state index in [1.807, 2.05) is 36.0 Å². The van der Waals surface area contributed by atoms with Gasteiger partial charge in [0, 0.05) is 42.9 Å². The molecule has 1 aliphatic heterocycles. The van der Waals surface area contributed by atoms with Crippen LogP contribution in [0.15, 0.2) is 240 Å². The maximum atomic E-state index is 5.21.